The minimum Gasteiger partial charge on any atom is -0.480 e. The van der Waals surface area contributed by atoms with Gasteiger partial charge < -0.3 is 10.3 Å². The number of hydrogen-bond acceptors (Lipinski definition) is 4. The molecule has 0 saturated carbocycles. The minimum atomic E-state index is -1.02. The quantitative estimate of drug-likeness (QED) is 0.484. The van der Waals surface area contributed by atoms with Crippen LogP contribution < -0.4 is 5.48 Å². The van der Waals surface area contributed by atoms with Crippen LogP contribution in [0.4, 0.5) is 0 Å². The van der Waals surface area contributed by atoms with Crippen LogP contribution in [-0.4, -0.2) is 83.2 Å². The normalized spacial score (nSPS) is 11.8. The second-order valence-electron chi connectivity index (χ2n) is 1.80. The van der Waals surface area contributed by atoms with E-state index in [1.165, 1.54) is 0 Å². The molecule has 62 valence electrons. The van der Waals surface area contributed by atoms with Gasteiger partial charge in [-0.15, -0.1) is 0 Å². The van der Waals surface area contributed by atoms with Gasteiger partial charge in [0.25, 0.3) is 0 Å². The Kier molecular flexibility index (Phi) is 12.7. The van der Waals surface area contributed by atoms with Gasteiger partial charge in [-0.25, -0.2) is 0 Å². The second-order valence-corrected chi connectivity index (χ2v) is 2.79. The van der Waals surface area contributed by atoms with E-state index in [-0.39, 0.29) is 48.9 Å². The fraction of sp³-hybridized carbons (Fsp3) is 0.800. The van der Waals surface area contributed by atoms with Crippen molar-refractivity contribution in [2.75, 3.05) is 12.0 Å². The Morgan fingerprint density at radius 3 is 2.55 bits per heavy atom. The SMILES string of the molecule is CSCC[C@H](NO)C(=O)O.[Ba]. The van der Waals surface area contributed by atoms with Crippen LogP contribution in [0.2, 0.25) is 0 Å². The first-order chi connectivity index (χ1) is 4.72. The molecule has 0 aromatic carbocycles. The van der Waals surface area contributed by atoms with Gasteiger partial charge in [-0.05, 0) is 18.4 Å². The Balaban J connectivity index is 0. The number of nitrogens with one attached hydrogen (secondary N) is 1. The summed E-state index contributed by atoms with van der Waals surface area (Å²) in [4.78, 5) is 10.2. The average Bonchev–Trinajstić information content (AvgIpc) is 1.89. The summed E-state index contributed by atoms with van der Waals surface area (Å²) in [6.07, 6.45) is 2.32. The number of rotatable bonds is 5. The van der Waals surface area contributed by atoms with Gasteiger partial charge in [-0.3, -0.25) is 4.79 Å². The van der Waals surface area contributed by atoms with Gasteiger partial charge in [0, 0.05) is 48.9 Å². The van der Waals surface area contributed by atoms with E-state index in [2.05, 4.69) is 0 Å². The molecule has 6 heteroatoms. The van der Waals surface area contributed by atoms with Gasteiger partial charge in [0.1, 0.15) is 6.04 Å². The number of carboxylic acid groups (broad SMARTS) is 1. The van der Waals surface area contributed by atoms with Crippen LogP contribution >= 0.6 is 11.8 Å². The number of hydrogen-bond donors (Lipinski definition) is 3. The van der Waals surface area contributed by atoms with Crippen molar-refractivity contribution in [1.82, 2.24) is 5.48 Å². The Hall–Kier alpha value is 1.31. The maximum atomic E-state index is 10.2. The van der Waals surface area contributed by atoms with E-state index < -0.39 is 12.0 Å². The molecule has 2 radical (unpaired) electrons. The largest absolute Gasteiger partial charge is 0.480 e. The van der Waals surface area contributed by atoms with Crippen LogP contribution in [0.5, 0.6) is 0 Å². The molecule has 0 aliphatic rings. The molecule has 0 aliphatic heterocycles. The third kappa shape index (κ3) is 7.67. The van der Waals surface area contributed by atoms with E-state index in [9.17, 15) is 4.79 Å². The van der Waals surface area contributed by atoms with Gasteiger partial charge in [-0.1, -0.05) is 0 Å². The Morgan fingerprint density at radius 2 is 2.27 bits per heavy atom. The fourth-order valence-electron chi connectivity index (χ4n) is 0.479. The predicted octanol–water partition coefficient (Wildman–Crippen LogP) is -0.209. The number of carboxylic acids is 1. The van der Waals surface area contributed by atoms with Crippen LogP contribution in [-0.2, 0) is 4.79 Å². The summed E-state index contributed by atoms with van der Waals surface area (Å²) in [5.41, 5.74) is 1.72. The number of aliphatic carboxylic acids is 1. The van der Waals surface area contributed by atoms with E-state index in [0.717, 1.165) is 5.75 Å². The predicted molar refractivity (Wildman–Crippen MR) is 45.1 cm³/mol. The van der Waals surface area contributed by atoms with Crippen LogP contribution in [0, 0.1) is 0 Å². The summed E-state index contributed by atoms with van der Waals surface area (Å²) in [5.74, 6) is -0.290. The van der Waals surface area contributed by atoms with E-state index >= 15 is 0 Å². The first kappa shape index (κ1) is 14.8. The Labute approximate surface area is 110 Å². The van der Waals surface area contributed by atoms with E-state index in [1.807, 2.05) is 6.26 Å². The molecular weight excluding hydrogens is 291 g/mol. The zero-order valence-corrected chi connectivity index (χ0v) is 11.7. The molecular formula is C5H11BaNO3S. The summed E-state index contributed by atoms with van der Waals surface area (Å²) in [7, 11) is 0. The van der Waals surface area contributed by atoms with Crippen molar-refractivity contribution < 1.29 is 15.1 Å². The summed E-state index contributed by atoms with van der Waals surface area (Å²) < 4.78 is 0. The third-order valence-corrected chi connectivity index (χ3v) is 1.71. The zero-order valence-electron chi connectivity index (χ0n) is 6.41. The van der Waals surface area contributed by atoms with Gasteiger partial charge in [0.2, 0.25) is 0 Å². The average molecular weight is 303 g/mol. The van der Waals surface area contributed by atoms with Crippen molar-refractivity contribution >= 4 is 66.6 Å². The Bertz CT molecular complexity index is 114. The minimum absolute atomic E-state index is 0. The molecule has 0 rings (SSSR count). The molecule has 1 atom stereocenters. The molecule has 0 unspecified atom stereocenters. The third-order valence-electron chi connectivity index (χ3n) is 1.06. The van der Waals surface area contributed by atoms with Crippen LogP contribution in [0.1, 0.15) is 6.42 Å². The summed E-state index contributed by atoms with van der Waals surface area (Å²) >= 11 is 1.55. The number of carbonyl (C=O) groups is 1. The number of hydroxylamine groups is 1. The Morgan fingerprint density at radius 1 is 1.73 bits per heavy atom. The molecule has 0 heterocycles. The van der Waals surface area contributed by atoms with Crippen LogP contribution in [0.15, 0.2) is 0 Å². The first-order valence-electron chi connectivity index (χ1n) is 2.83. The van der Waals surface area contributed by atoms with E-state index in [0.29, 0.717) is 6.42 Å². The molecule has 0 aromatic rings. The molecule has 11 heavy (non-hydrogen) atoms. The van der Waals surface area contributed by atoms with Crippen molar-refractivity contribution in [3.63, 3.8) is 0 Å². The molecule has 0 saturated heterocycles. The summed E-state index contributed by atoms with van der Waals surface area (Å²) in [6, 6.07) is -0.826. The fourth-order valence-corrected chi connectivity index (χ4v) is 0.950. The molecule has 0 aliphatic carbocycles. The molecule has 4 nitrogen and oxygen atoms in total. The van der Waals surface area contributed by atoms with Crippen molar-refractivity contribution in [1.29, 1.82) is 0 Å². The summed E-state index contributed by atoms with van der Waals surface area (Å²) in [5, 5.41) is 16.7. The van der Waals surface area contributed by atoms with Gasteiger partial charge in [0.05, 0.1) is 0 Å². The van der Waals surface area contributed by atoms with Crippen molar-refractivity contribution in [3.05, 3.63) is 0 Å². The monoisotopic (exact) mass is 303 g/mol. The van der Waals surface area contributed by atoms with Crippen molar-refractivity contribution in [2.24, 2.45) is 0 Å². The van der Waals surface area contributed by atoms with Crippen molar-refractivity contribution in [3.8, 4) is 0 Å². The standard InChI is InChI=1S/C5H11NO3S.Ba/c1-10-3-2-4(6-9)5(7)8;/h4,6,9H,2-3H2,1H3,(H,7,8);/t4-;/m0./s1. The molecule has 0 bridgehead atoms. The smallest absolute Gasteiger partial charge is 0.323 e. The van der Waals surface area contributed by atoms with Crippen LogP contribution in [0.25, 0.3) is 0 Å². The molecule has 0 spiro atoms. The van der Waals surface area contributed by atoms with E-state index in [1.54, 1.807) is 17.2 Å². The van der Waals surface area contributed by atoms with Gasteiger partial charge in [-0.2, -0.15) is 17.2 Å². The van der Waals surface area contributed by atoms with Gasteiger partial charge in [0.15, 0.2) is 0 Å². The first-order valence-corrected chi connectivity index (χ1v) is 4.23. The van der Waals surface area contributed by atoms with E-state index in [4.69, 9.17) is 10.3 Å². The van der Waals surface area contributed by atoms with Gasteiger partial charge >= 0.3 is 5.97 Å². The van der Waals surface area contributed by atoms with Crippen molar-refractivity contribution in [2.45, 2.75) is 12.5 Å². The maximum absolute atomic E-state index is 10.2. The summed E-state index contributed by atoms with van der Waals surface area (Å²) in [6.45, 7) is 0. The topological polar surface area (TPSA) is 69.6 Å². The zero-order chi connectivity index (χ0) is 7.98. The molecule has 0 aromatic heterocycles. The van der Waals surface area contributed by atoms with Crippen LogP contribution in [0.3, 0.4) is 0 Å². The second kappa shape index (κ2) is 9.40. The molecule has 3 N–H and O–H groups in total. The number of thioether (sulfide) groups is 1. The molecule has 0 amide bonds. The molecule has 0 fully saturated rings. The maximum Gasteiger partial charge on any atom is 0.323 e.